The summed E-state index contributed by atoms with van der Waals surface area (Å²) >= 11 is 0. The molecule has 0 aromatic heterocycles. The van der Waals surface area contributed by atoms with Crippen LogP contribution in [0.2, 0.25) is 0 Å². The van der Waals surface area contributed by atoms with Crippen LogP contribution in [0.4, 0.5) is 0 Å². The zero-order valence-corrected chi connectivity index (χ0v) is 12.5. The Bertz CT molecular complexity index is 619. The Morgan fingerprint density at radius 3 is 2.76 bits per heavy atom. The normalized spacial score (nSPS) is 14.8. The number of benzene rings is 2. The standard InChI is InChI=1S/C19H22O2/c1-2-18(20)17-8-3-4-9-19(17)21-13-14-10-11-15-6-5-7-16(15)12-14/h3-4,8-12,18,20H,2,5-7,13H2,1H3. The van der Waals surface area contributed by atoms with E-state index in [9.17, 15) is 5.11 Å². The van der Waals surface area contributed by atoms with Crippen molar-refractivity contribution < 1.29 is 9.84 Å². The molecule has 0 fully saturated rings. The summed E-state index contributed by atoms with van der Waals surface area (Å²) in [4.78, 5) is 0. The zero-order valence-electron chi connectivity index (χ0n) is 12.5. The van der Waals surface area contributed by atoms with Crippen LogP contribution in [0.5, 0.6) is 5.75 Å². The first kappa shape index (κ1) is 14.2. The van der Waals surface area contributed by atoms with Crippen LogP contribution in [0.1, 0.15) is 48.1 Å². The Kier molecular flexibility index (Phi) is 4.26. The molecule has 2 nitrogen and oxygen atoms in total. The predicted molar refractivity (Wildman–Crippen MR) is 84.5 cm³/mol. The first-order valence-corrected chi connectivity index (χ1v) is 7.78. The van der Waals surface area contributed by atoms with E-state index in [4.69, 9.17) is 4.74 Å². The summed E-state index contributed by atoms with van der Waals surface area (Å²) in [6.45, 7) is 2.53. The Morgan fingerprint density at radius 1 is 1.10 bits per heavy atom. The summed E-state index contributed by atoms with van der Waals surface area (Å²) < 4.78 is 5.95. The van der Waals surface area contributed by atoms with Gasteiger partial charge in [0.1, 0.15) is 12.4 Å². The highest BCUT2D eigenvalue weighted by Gasteiger charge is 2.13. The van der Waals surface area contributed by atoms with Gasteiger partial charge in [0, 0.05) is 5.56 Å². The molecule has 1 atom stereocenters. The number of rotatable bonds is 5. The van der Waals surface area contributed by atoms with E-state index >= 15 is 0 Å². The number of fused-ring (bicyclic) bond motifs is 1. The van der Waals surface area contributed by atoms with Crippen molar-refractivity contribution in [1.82, 2.24) is 0 Å². The molecule has 2 aromatic rings. The monoisotopic (exact) mass is 282 g/mol. The second-order valence-corrected chi connectivity index (χ2v) is 5.71. The van der Waals surface area contributed by atoms with Gasteiger partial charge in [-0.05, 0) is 48.4 Å². The third-order valence-corrected chi connectivity index (χ3v) is 4.22. The molecule has 110 valence electrons. The lowest BCUT2D eigenvalue weighted by atomic mass is 10.1. The van der Waals surface area contributed by atoms with Crippen LogP contribution in [0, 0.1) is 0 Å². The van der Waals surface area contributed by atoms with Crippen LogP contribution >= 0.6 is 0 Å². The number of para-hydroxylation sites is 1. The summed E-state index contributed by atoms with van der Waals surface area (Å²) in [5.41, 5.74) is 5.04. The minimum absolute atomic E-state index is 0.457. The molecule has 0 amide bonds. The summed E-state index contributed by atoms with van der Waals surface area (Å²) in [6, 6.07) is 14.4. The fourth-order valence-corrected chi connectivity index (χ4v) is 2.98. The second kappa shape index (κ2) is 6.31. The maximum absolute atomic E-state index is 10.1. The van der Waals surface area contributed by atoms with E-state index < -0.39 is 6.10 Å². The fourth-order valence-electron chi connectivity index (χ4n) is 2.98. The van der Waals surface area contributed by atoms with E-state index in [2.05, 4.69) is 18.2 Å². The molecule has 0 saturated heterocycles. The van der Waals surface area contributed by atoms with Gasteiger partial charge in [0.2, 0.25) is 0 Å². The van der Waals surface area contributed by atoms with Crippen LogP contribution in [0.15, 0.2) is 42.5 Å². The summed E-state index contributed by atoms with van der Waals surface area (Å²) in [7, 11) is 0. The van der Waals surface area contributed by atoms with E-state index in [0.29, 0.717) is 13.0 Å². The van der Waals surface area contributed by atoms with E-state index in [1.165, 1.54) is 36.0 Å². The first-order chi connectivity index (χ1) is 10.3. The van der Waals surface area contributed by atoms with Gasteiger partial charge in [-0.25, -0.2) is 0 Å². The SMILES string of the molecule is CCC(O)c1ccccc1OCc1ccc2c(c1)CCC2. The number of hydrogen-bond acceptors (Lipinski definition) is 2. The van der Waals surface area contributed by atoms with Gasteiger partial charge in [0.05, 0.1) is 6.10 Å². The molecule has 0 aliphatic heterocycles. The van der Waals surface area contributed by atoms with Gasteiger partial charge in [-0.3, -0.25) is 0 Å². The van der Waals surface area contributed by atoms with Crippen LogP contribution in [-0.2, 0) is 19.4 Å². The lowest BCUT2D eigenvalue weighted by molar-refractivity contribution is 0.166. The molecule has 0 radical (unpaired) electrons. The topological polar surface area (TPSA) is 29.5 Å². The second-order valence-electron chi connectivity index (χ2n) is 5.71. The van der Waals surface area contributed by atoms with Crippen molar-refractivity contribution >= 4 is 0 Å². The number of aliphatic hydroxyl groups excluding tert-OH is 1. The van der Waals surface area contributed by atoms with Crippen molar-refractivity contribution in [3.63, 3.8) is 0 Å². The highest BCUT2D eigenvalue weighted by atomic mass is 16.5. The zero-order chi connectivity index (χ0) is 14.7. The fraction of sp³-hybridized carbons (Fsp3) is 0.368. The molecule has 3 rings (SSSR count). The maximum Gasteiger partial charge on any atom is 0.125 e. The molecule has 0 saturated carbocycles. The van der Waals surface area contributed by atoms with Crippen molar-refractivity contribution in [3.05, 3.63) is 64.7 Å². The van der Waals surface area contributed by atoms with Gasteiger partial charge >= 0.3 is 0 Å². The van der Waals surface area contributed by atoms with E-state index in [1.807, 2.05) is 31.2 Å². The third kappa shape index (κ3) is 3.11. The van der Waals surface area contributed by atoms with Crippen LogP contribution in [0.25, 0.3) is 0 Å². The largest absolute Gasteiger partial charge is 0.489 e. The van der Waals surface area contributed by atoms with Crippen LogP contribution in [-0.4, -0.2) is 5.11 Å². The Hall–Kier alpha value is -1.80. The summed E-state index contributed by atoms with van der Waals surface area (Å²) in [5, 5.41) is 10.1. The number of aryl methyl sites for hydroxylation is 2. The molecule has 1 aliphatic rings. The molecule has 1 aliphatic carbocycles. The lowest BCUT2D eigenvalue weighted by Gasteiger charge is -2.15. The summed E-state index contributed by atoms with van der Waals surface area (Å²) in [6.07, 6.45) is 3.90. The highest BCUT2D eigenvalue weighted by Crippen LogP contribution is 2.28. The molecule has 21 heavy (non-hydrogen) atoms. The smallest absolute Gasteiger partial charge is 0.125 e. The van der Waals surface area contributed by atoms with Crippen LogP contribution in [0.3, 0.4) is 0 Å². The molecule has 0 bridgehead atoms. The first-order valence-electron chi connectivity index (χ1n) is 7.78. The van der Waals surface area contributed by atoms with Crippen LogP contribution < -0.4 is 4.74 Å². The molecule has 1 N–H and O–H groups in total. The Balaban J connectivity index is 1.73. The third-order valence-electron chi connectivity index (χ3n) is 4.22. The van der Waals surface area contributed by atoms with E-state index in [1.54, 1.807) is 0 Å². The highest BCUT2D eigenvalue weighted by molar-refractivity contribution is 5.37. The average molecular weight is 282 g/mol. The molecule has 0 heterocycles. The van der Waals surface area contributed by atoms with E-state index in [0.717, 1.165) is 11.3 Å². The lowest BCUT2D eigenvalue weighted by Crippen LogP contribution is -2.02. The molecule has 1 unspecified atom stereocenters. The van der Waals surface area contributed by atoms with Crippen molar-refractivity contribution in [1.29, 1.82) is 0 Å². The predicted octanol–water partition coefficient (Wildman–Crippen LogP) is 4.20. The number of hydrogen-bond donors (Lipinski definition) is 1. The molecular weight excluding hydrogens is 260 g/mol. The number of ether oxygens (including phenoxy) is 1. The van der Waals surface area contributed by atoms with Gasteiger partial charge in [-0.1, -0.05) is 43.3 Å². The van der Waals surface area contributed by atoms with Gasteiger partial charge < -0.3 is 9.84 Å². The minimum atomic E-state index is -0.457. The van der Waals surface area contributed by atoms with Gasteiger partial charge in [0.25, 0.3) is 0 Å². The van der Waals surface area contributed by atoms with Gasteiger partial charge in [-0.15, -0.1) is 0 Å². The quantitative estimate of drug-likeness (QED) is 0.890. The van der Waals surface area contributed by atoms with E-state index in [-0.39, 0.29) is 0 Å². The average Bonchev–Trinajstić information content (AvgIpc) is 3.00. The molecule has 2 heteroatoms. The molecular formula is C19H22O2. The Morgan fingerprint density at radius 2 is 1.90 bits per heavy atom. The summed E-state index contributed by atoms with van der Waals surface area (Å²) in [5.74, 6) is 0.785. The van der Waals surface area contributed by atoms with Crippen molar-refractivity contribution in [2.24, 2.45) is 0 Å². The molecule has 2 aromatic carbocycles. The van der Waals surface area contributed by atoms with Crippen molar-refractivity contribution in [2.45, 2.75) is 45.3 Å². The number of aliphatic hydroxyl groups is 1. The van der Waals surface area contributed by atoms with Crippen molar-refractivity contribution in [3.8, 4) is 5.75 Å². The Labute approximate surface area is 126 Å². The minimum Gasteiger partial charge on any atom is -0.489 e. The van der Waals surface area contributed by atoms with Crippen molar-refractivity contribution in [2.75, 3.05) is 0 Å². The van der Waals surface area contributed by atoms with Gasteiger partial charge in [-0.2, -0.15) is 0 Å². The molecule has 0 spiro atoms. The van der Waals surface area contributed by atoms with Gasteiger partial charge in [0.15, 0.2) is 0 Å². The maximum atomic E-state index is 10.1.